The second-order valence-corrected chi connectivity index (χ2v) is 7.52. The molecule has 2 rings (SSSR count). The molecule has 0 aromatic rings. The molecular weight excluding hydrogens is 283 g/mol. The van der Waals surface area contributed by atoms with Crippen molar-refractivity contribution in [3.63, 3.8) is 0 Å². The molecule has 0 unspecified atom stereocenters. The second kappa shape index (κ2) is 6.38. The van der Waals surface area contributed by atoms with Gasteiger partial charge in [0.05, 0.1) is 13.2 Å². The highest BCUT2D eigenvalue weighted by Gasteiger charge is 2.38. The summed E-state index contributed by atoms with van der Waals surface area (Å²) in [4.78, 5) is 16.0. The fourth-order valence-electron chi connectivity index (χ4n) is 2.79. The SMILES string of the molecule is [B]N1CC[C@H](N(C[C@H]2COC(C)(C)O2)C(=O)OC(C)(C)C)C1. The molecule has 0 saturated carbocycles. The summed E-state index contributed by atoms with van der Waals surface area (Å²) in [6, 6.07) is 0.0483. The van der Waals surface area contributed by atoms with Crippen molar-refractivity contribution in [2.45, 2.75) is 64.6 Å². The highest BCUT2D eigenvalue weighted by molar-refractivity contribution is 6.04. The van der Waals surface area contributed by atoms with Crippen molar-refractivity contribution in [3.05, 3.63) is 0 Å². The fourth-order valence-corrected chi connectivity index (χ4v) is 2.79. The molecule has 2 aliphatic rings. The maximum absolute atomic E-state index is 12.5. The topological polar surface area (TPSA) is 51.2 Å². The van der Waals surface area contributed by atoms with Gasteiger partial charge >= 0.3 is 6.09 Å². The Labute approximate surface area is 134 Å². The molecule has 0 spiro atoms. The molecule has 0 aromatic heterocycles. The minimum Gasteiger partial charge on any atom is -0.444 e. The van der Waals surface area contributed by atoms with Crippen LogP contribution in [0.25, 0.3) is 0 Å². The zero-order valence-electron chi connectivity index (χ0n) is 14.3. The summed E-state index contributed by atoms with van der Waals surface area (Å²) in [5, 5.41) is 0. The maximum Gasteiger partial charge on any atom is 0.410 e. The van der Waals surface area contributed by atoms with E-state index in [1.165, 1.54) is 0 Å². The summed E-state index contributed by atoms with van der Waals surface area (Å²) in [7, 11) is 5.84. The standard InChI is InChI=1S/C15H27BN2O4/c1-14(2,3)22-13(19)18(11-6-7-17(16)8-11)9-12-10-20-15(4,5)21-12/h11-12H,6-10H2,1-5H3/t11-,12-/m0/s1. The molecule has 0 aliphatic carbocycles. The van der Waals surface area contributed by atoms with Crippen molar-refractivity contribution in [2.75, 3.05) is 26.2 Å². The van der Waals surface area contributed by atoms with Crippen LogP contribution in [0.4, 0.5) is 4.79 Å². The Morgan fingerprint density at radius 3 is 2.59 bits per heavy atom. The van der Waals surface area contributed by atoms with Crippen LogP contribution in [0.5, 0.6) is 0 Å². The summed E-state index contributed by atoms with van der Waals surface area (Å²) in [5.41, 5.74) is -0.525. The van der Waals surface area contributed by atoms with E-state index in [-0.39, 0.29) is 18.2 Å². The van der Waals surface area contributed by atoms with E-state index in [1.54, 1.807) is 9.71 Å². The van der Waals surface area contributed by atoms with Gasteiger partial charge in [0.15, 0.2) is 13.8 Å². The minimum absolute atomic E-state index is 0.0483. The molecule has 1 amide bonds. The Kier molecular flexibility index (Phi) is 5.09. The van der Waals surface area contributed by atoms with Gasteiger partial charge in [-0.05, 0) is 47.6 Å². The van der Waals surface area contributed by atoms with Gasteiger partial charge < -0.3 is 23.9 Å². The molecule has 2 saturated heterocycles. The molecule has 2 aliphatic heterocycles. The van der Waals surface area contributed by atoms with Gasteiger partial charge in [0.2, 0.25) is 0 Å². The number of carbonyl (C=O) groups excluding carboxylic acids is 1. The number of carbonyl (C=O) groups is 1. The van der Waals surface area contributed by atoms with Crippen LogP contribution in [-0.2, 0) is 14.2 Å². The highest BCUT2D eigenvalue weighted by atomic mass is 16.7. The number of amides is 1. The average Bonchev–Trinajstić information content (AvgIpc) is 2.90. The first kappa shape index (κ1) is 17.6. The van der Waals surface area contributed by atoms with E-state index < -0.39 is 11.4 Å². The fraction of sp³-hybridized carbons (Fsp3) is 0.933. The van der Waals surface area contributed by atoms with Gasteiger partial charge in [0, 0.05) is 12.6 Å². The number of ether oxygens (including phenoxy) is 3. The molecule has 124 valence electrons. The highest BCUT2D eigenvalue weighted by Crippen LogP contribution is 2.25. The van der Waals surface area contributed by atoms with Crippen molar-refractivity contribution >= 4 is 14.1 Å². The Balaban J connectivity index is 2.03. The summed E-state index contributed by atoms with van der Waals surface area (Å²) in [6.07, 6.45) is 0.377. The first-order valence-corrected chi connectivity index (χ1v) is 7.87. The lowest BCUT2D eigenvalue weighted by molar-refractivity contribution is -0.140. The number of hydrogen-bond donors (Lipinski definition) is 0. The Bertz CT molecular complexity index is 411. The van der Waals surface area contributed by atoms with Crippen LogP contribution in [0, 0.1) is 0 Å². The Morgan fingerprint density at radius 2 is 2.14 bits per heavy atom. The molecule has 0 aromatic carbocycles. The van der Waals surface area contributed by atoms with Gasteiger partial charge in [-0.1, -0.05) is 0 Å². The van der Waals surface area contributed by atoms with E-state index in [1.807, 2.05) is 34.6 Å². The summed E-state index contributed by atoms with van der Waals surface area (Å²) < 4.78 is 17.0. The van der Waals surface area contributed by atoms with E-state index in [0.29, 0.717) is 19.7 Å². The van der Waals surface area contributed by atoms with Crippen LogP contribution < -0.4 is 0 Å². The zero-order valence-corrected chi connectivity index (χ0v) is 14.3. The molecule has 2 fully saturated rings. The molecule has 2 radical (unpaired) electrons. The smallest absolute Gasteiger partial charge is 0.410 e. The first-order chi connectivity index (χ1) is 10.1. The number of hydrogen-bond acceptors (Lipinski definition) is 5. The molecule has 0 N–H and O–H groups in total. The lowest BCUT2D eigenvalue weighted by atomic mass is 10.2. The van der Waals surface area contributed by atoms with Gasteiger partial charge in [0.1, 0.15) is 11.7 Å². The van der Waals surface area contributed by atoms with Crippen LogP contribution in [0.2, 0.25) is 0 Å². The van der Waals surface area contributed by atoms with Crippen LogP contribution in [0.15, 0.2) is 0 Å². The molecule has 7 heteroatoms. The van der Waals surface area contributed by atoms with Gasteiger partial charge in [-0.15, -0.1) is 0 Å². The largest absolute Gasteiger partial charge is 0.444 e. The summed E-state index contributed by atoms with van der Waals surface area (Å²) >= 11 is 0. The van der Waals surface area contributed by atoms with E-state index in [4.69, 9.17) is 22.2 Å². The quantitative estimate of drug-likeness (QED) is 0.740. The number of nitrogens with zero attached hydrogens (tertiary/aromatic N) is 2. The molecule has 0 bridgehead atoms. The average molecular weight is 310 g/mol. The maximum atomic E-state index is 12.5. The predicted molar refractivity (Wildman–Crippen MR) is 83.6 cm³/mol. The lowest BCUT2D eigenvalue weighted by Crippen LogP contribution is -2.48. The third-order valence-electron chi connectivity index (χ3n) is 3.73. The van der Waals surface area contributed by atoms with E-state index in [0.717, 1.165) is 13.0 Å². The Hall–Kier alpha value is -0.785. The van der Waals surface area contributed by atoms with Crippen molar-refractivity contribution in [1.82, 2.24) is 9.71 Å². The van der Waals surface area contributed by atoms with Crippen LogP contribution >= 0.6 is 0 Å². The second-order valence-electron chi connectivity index (χ2n) is 7.52. The van der Waals surface area contributed by atoms with Gasteiger partial charge in [0.25, 0.3) is 0 Å². The third kappa shape index (κ3) is 4.86. The Morgan fingerprint density at radius 1 is 1.45 bits per heavy atom. The zero-order chi connectivity index (χ0) is 16.5. The first-order valence-electron chi connectivity index (χ1n) is 7.87. The molecule has 2 atom stereocenters. The van der Waals surface area contributed by atoms with Gasteiger partial charge in [-0.25, -0.2) is 4.79 Å². The van der Waals surface area contributed by atoms with Crippen LogP contribution in [0.3, 0.4) is 0 Å². The summed E-state index contributed by atoms with van der Waals surface area (Å²) in [5.74, 6) is -0.597. The monoisotopic (exact) mass is 310 g/mol. The molecule has 6 nitrogen and oxygen atoms in total. The van der Waals surface area contributed by atoms with Crippen molar-refractivity contribution in [2.24, 2.45) is 0 Å². The lowest BCUT2D eigenvalue weighted by Gasteiger charge is -2.33. The van der Waals surface area contributed by atoms with E-state index in [2.05, 4.69) is 0 Å². The normalized spacial score (nSPS) is 28.8. The molecular formula is C15H27BN2O4. The van der Waals surface area contributed by atoms with Crippen LogP contribution in [-0.4, -0.2) is 73.6 Å². The van der Waals surface area contributed by atoms with Crippen molar-refractivity contribution in [3.8, 4) is 0 Å². The summed E-state index contributed by atoms with van der Waals surface area (Å²) in [6.45, 7) is 11.7. The van der Waals surface area contributed by atoms with E-state index in [9.17, 15) is 4.79 Å². The van der Waals surface area contributed by atoms with Crippen LogP contribution in [0.1, 0.15) is 41.0 Å². The number of rotatable bonds is 3. The van der Waals surface area contributed by atoms with Crippen molar-refractivity contribution < 1.29 is 19.0 Å². The molecule has 22 heavy (non-hydrogen) atoms. The third-order valence-corrected chi connectivity index (χ3v) is 3.73. The van der Waals surface area contributed by atoms with Crippen molar-refractivity contribution in [1.29, 1.82) is 0 Å². The molecule has 2 heterocycles. The predicted octanol–water partition coefficient (Wildman–Crippen LogP) is 1.53. The minimum atomic E-state index is -0.597. The van der Waals surface area contributed by atoms with E-state index >= 15 is 0 Å². The van der Waals surface area contributed by atoms with Gasteiger partial charge in [-0.3, -0.25) is 0 Å². The van der Waals surface area contributed by atoms with Gasteiger partial charge in [-0.2, -0.15) is 0 Å².